The Kier molecular flexibility index (Phi) is 5.98. The van der Waals surface area contributed by atoms with Crippen LogP contribution >= 0.6 is 0 Å². The number of morpholine rings is 1. The van der Waals surface area contributed by atoms with Gasteiger partial charge in [-0.05, 0) is 41.6 Å². The summed E-state index contributed by atoms with van der Waals surface area (Å²) in [7, 11) is 0. The second-order valence-electron chi connectivity index (χ2n) is 8.34. The van der Waals surface area contributed by atoms with Crippen molar-refractivity contribution in [1.29, 1.82) is 0 Å². The van der Waals surface area contributed by atoms with Crippen molar-refractivity contribution < 1.29 is 9.53 Å². The number of ether oxygens (including phenoxy) is 1. The summed E-state index contributed by atoms with van der Waals surface area (Å²) in [5.41, 5.74) is 8.56. The molecule has 0 saturated carbocycles. The van der Waals surface area contributed by atoms with E-state index in [0.29, 0.717) is 19.6 Å². The Balaban J connectivity index is 1.82. The number of nitrogens with two attached hydrogens (primary N) is 1. The van der Waals surface area contributed by atoms with Crippen LogP contribution in [0.4, 0.5) is 0 Å². The van der Waals surface area contributed by atoms with Crippen LogP contribution in [-0.4, -0.2) is 36.5 Å². The molecule has 3 rings (SSSR count). The fraction of sp³-hybridized carbons (Fsp3) is 0.435. The number of hydrogen-bond acceptors (Lipinski definition) is 3. The predicted octanol–water partition coefficient (Wildman–Crippen LogP) is 3.82. The van der Waals surface area contributed by atoms with E-state index in [9.17, 15) is 4.79 Å². The summed E-state index contributed by atoms with van der Waals surface area (Å²) in [6.07, 6.45) is 0.704. The fourth-order valence-corrected chi connectivity index (χ4v) is 3.42. The number of carbonyl (C=O) groups excluding carboxylic acids is 1. The van der Waals surface area contributed by atoms with E-state index in [2.05, 4.69) is 32.9 Å². The second kappa shape index (κ2) is 8.24. The van der Waals surface area contributed by atoms with E-state index in [0.717, 1.165) is 23.1 Å². The van der Waals surface area contributed by atoms with Crippen LogP contribution in [0, 0.1) is 5.41 Å². The van der Waals surface area contributed by atoms with Gasteiger partial charge in [-0.3, -0.25) is 4.79 Å². The minimum Gasteiger partial charge on any atom is -0.366 e. The lowest BCUT2D eigenvalue weighted by Crippen LogP contribution is -2.51. The third-order valence-electron chi connectivity index (χ3n) is 5.16. The largest absolute Gasteiger partial charge is 0.366 e. The molecule has 0 aromatic heterocycles. The number of amides is 1. The highest BCUT2D eigenvalue weighted by molar-refractivity contribution is 5.94. The Morgan fingerprint density at radius 3 is 2.33 bits per heavy atom. The lowest BCUT2D eigenvalue weighted by atomic mass is 9.87. The SMILES string of the molecule is CC(C)(C)[C@H]1CN(C(=O)c2ccc(CCN)cc2)C[C@@H](c2ccccc2)O1. The van der Waals surface area contributed by atoms with E-state index in [1.165, 1.54) is 0 Å². The molecule has 4 nitrogen and oxygen atoms in total. The quantitative estimate of drug-likeness (QED) is 0.895. The van der Waals surface area contributed by atoms with Crippen molar-refractivity contribution in [2.45, 2.75) is 39.4 Å². The first-order valence-corrected chi connectivity index (χ1v) is 9.67. The maximum atomic E-state index is 13.2. The van der Waals surface area contributed by atoms with Gasteiger partial charge in [0.05, 0.1) is 12.6 Å². The molecule has 2 atom stereocenters. The highest BCUT2D eigenvalue weighted by atomic mass is 16.5. The molecule has 144 valence electrons. The topological polar surface area (TPSA) is 55.6 Å². The van der Waals surface area contributed by atoms with Crippen LogP contribution < -0.4 is 5.73 Å². The molecule has 27 heavy (non-hydrogen) atoms. The molecule has 0 radical (unpaired) electrons. The molecular formula is C23H30N2O2. The summed E-state index contributed by atoms with van der Waals surface area (Å²) in [4.78, 5) is 15.1. The van der Waals surface area contributed by atoms with Crippen molar-refractivity contribution in [2.75, 3.05) is 19.6 Å². The van der Waals surface area contributed by atoms with Gasteiger partial charge in [0.25, 0.3) is 5.91 Å². The minimum atomic E-state index is -0.107. The third kappa shape index (κ3) is 4.76. The summed E-state index contributed by atoms with van der Waals surface area (Å²) in [6.45, 7) is 8.28. The molecule has 1 aliphatic rings. The van der Waals surface area contributed by atoms with Gasteiger partial charge in [0.15, 0.2) is 0 Å². The number of hydrogen-bond donors (Lipinski definition) is 1. The van der Waals surface area contributed by atoms with Gasteiger partial charge in [0.2, 0.25) is 0 Å². The van der Waals surface area contributed by atoms with Crippen LogP contribution in [0.1, 0.15) is 48.4 Å². The third-order valence-corrected chi connectivity index (χ3v) is 5.16. The molecule has 0 unspecified atom stereocenters. The van der Waals surface area contributed by atoms with E-state index < -0.39 is 0 Å². The molecular weight excluding hydrogens is 336 g/mol. The van der Waals surface area contributed by atoms with E-state index in [4.69, 9.17) is 10.5 Å². The van der Waals surface area contributed by atoms with Gasteiger partial charge in [-0.25, -0.2) is 0 Å². The van der Waals surface area contributed by atoms with Crippen LogP contribution in [0.3, 0.4) is 0 Å². The molecule has 1 heterocycles. The first kappa shape index (κ1) is 19.6. The van der Waals surface area contributed by atoms with Gasteiger partial charge < -0.3 is 15.4 Å². The second-order valence-corrected chi connectivity index (χ2v) is 8.34. The predicted molar refractivity (Wildman–Crippen MR) is 109 cm³/mol. The zero-order valence-electron chi connectivity index (χ0n) is 16.5. The Hall–Kier alpha value is -2.17. The van der Waals surface area contributed by atoms with Crippen LogP contribution in [0.15, 0.2) is 54.6 Å². The van der Waals surface area contributed by atoms with Crippen molar-refractivity contribution in [3.63, 3.8) is 0 Å². The number of nitrogens with zero attached hydrogens (tertiary/aromatic N) is 1. The molecule has 1 amide bonds. The summed E-state index contributed by atoms with van der Waals surface area (Å²) >= 11 is 0. The van der Waals surface area contributed by atoms with Crippen molar-refractivity contribution in [3.05, 3.63) is 71.3 Å². The summed E-state index contributed by atoms with van der Waals surface area (Å²) in [5, 5.41) is 0. The smallest absolute Gasteiger partial charge is 0.254 e. The minimum absolute atomic E-state index is 0.0167. The molecule has 1 fully saturated rings. The molecule has 2 N–H and O–H groups in total. The molecule has 1 aliphatic heterocycles. The summed E-state index contributed by atoms with van der Waals surface area (Å²) in [5.74, 6) is 0.0628. The molecule has 1 saturated heterocycles. The monoisotopic (exact) mass is 366 g/mol. The average Bonchev–Trinajstić information content (AvgIpc) is 2.68. The molecule has 2 aromatic rings. The maximum Gasteiger partial charge on any atom is 0.254 e. The number of benzene rings is 2. The highest BCUT2D eigenvalue weighted by Crippen LogP contribution is 2.34. The molecule has 4 heteroatoms. The van der Waals surface area contributed by atoms with Crippen LogP contribution in [0.5, 0.6) is 0 Å². The van der Waals surface area contributed by atoms with Gasteiger partial charge >= 0.3 is 0 Å². The first-order chi connectivity index (χ1) is 12.9. The van der Waals surface area contributed by atoms with Gasteiger partial charge in [-0.1, -0.05) is 63.2 Å². The van der Waals surface area contributed by atoms with E-state index in [-0.39, 0.29) is 23.5 Å². The Morgan fingerprint density at radius 1 is 1.07 bits per heavy atom. The normalized spacial score (nSPS) is 20.5. The summed E-state index contributed by atoms with van der Waals surface area (Å²) < 4.78 is 6.40. The van der Waals surface area contributed by atoms with E-state index in [1.807, 2.05) is 47.4 Å². The van der Waals surface area contributed by atoms with E-state index >= 15 is 0 Å². The van der Waals surface area contributed by atoms with E-state index in [1.54, 1.807) is 0 Å². The molecule has 2 aromatic carbocycles. The fourth-order valence-electron chi connectivity index (χ4n) is 3.42. The molecule has 0 spiro atoms. The Morgan fingerprint density at radius 2 is 1.74 bits per heavy atom. The molecule has 0 aliphatic carbocycles. The van der Waals surface area contributed by atoms with Crippen LogP contribution in [0.2, 0.25) is 0 Å². The van der Waals surface area contributed by atoms with Gasteiger partial charge in [-0.15, -0.1) is 0 Å². The highest BCUT2D eigenvalue weighted by Gasteiger charge is 2.37. The zero-order valence-corrected chi connectivity index (χ0v) is 16.5. The standard InChI is InChI=1S/C23H30N2O2/c1-23(2,3)21-16-25(15-20(27-21)18-7-5-4-6-8-18)22(26)19-11-9-17(10-12-19)13-14-24/h4-12,20-21H,13-16,24H2,1-3H3/t20-,21+/m0/s1. The van der Waals surface area contributed by atoms with Crippen molar-refractivity contribution in [3.8, 4) is 0 Å². The van der Waals surface area contributed by atoms with Gasteiger partial charge in [-0.2, -0.15) is 0 Å². The zero-order chi connectivity index (χ0) is 19.4. The van der Waals surface area contributed by atoms with Crippen LogP contribution in [0.25, 0.3) is 0 Å². The first-order valence-electron chi connectivity index (χ1n) is 9.67. The van der Waals surface area contributed by atoms with Crippen LogP contribution in [-0.2, 0) is 11.2 Å². The molecule has 0 bridgehead atoms. The maximum absolute atomic E-state index is 13.2. The Bertz CT molecular complexity index is 750. The van der Waals surface area contributed by atoms with Crippen molar-refractivity contribution >= 4 is 5.91 Å². The summed E-state index contributed by atoms with van der Waals surface area (Å²) in [6, 6.07) is 18.0. The lowest BCUT2D eigenvalue weighted by molar-refractivity contribution is -0.119. The average molecular weight is 367 g/mol. The lowest BCUT2D eigenvalue weighted by Gasteiger charge is -2.43. The van der Waals surface area contributed by atoms with Gasteiger partial charge in [0.1, 0.15) is 6.10 Å². The van der Waals surface area contributed by atoms with Crippen molar-refractivity contribution in [1.82, 2.24) is 4.90 Å². The van der Waals surface area contributed by atoms with Crippen molar-refractivity contribution in [2.24, 2.45) is 11.1 Å². The Labute approximate surface area is 162 Å². The number of rotatable bonds is 4. The number of carbonyl (C=O) groups is 1. The van der Waals surface area contributed by atoms with Gasteiger partial charge in [0, 0.05) is 12.1 Å².